The third-order valence-corrected chi connectivity index (χ3v) is 7.16. The van der Waals surface area contributed by atoms with E-state index in [0.717, 1.165) is 5.56 Å². The highest BCUT2D eigenvalue weighted by atomic mass is 35.5. The number of halogens is 1. The summed E-state index contributed by atoms with van der Waals surface area (Å²) in [6.45, 7) is 3.49. The zero-order valence-corrected chi connectivity index (χ0v) is 17.3. The van der Waals surface area contributed by atoms with E-state index in [-0.39, 0.29) is 23.4 Å². The molecule has 0 radical (unpaired) electrons. The Morgan fingerprint density at radius 3 is 2.29 bits per heavy atom. The van der Waals surface area contributed by atoms with Crippen molar-refractivity contribution in [3.05, 3.63) is 65.2 Å². The van der Waals surface area contributed by atoms with E-state index in [2.05, 4.69) is 5.32 Å². The molecule has 0 spiro atoms. The quantitative estimate of drug-likeness (QED) is 0.778. The summed E-state index contributed by atoms with van der Waals surface area (Å²) in [6.07, 6.45) is 0. The largest absolute Gasteiger partial charge is 0.339 e. The zero-order valence-electron chi connectivity index (χ0n) is 15.7. The maximum atomic E-state index is 12.7. The molecule has 1 fully saturated rings. The third kappa shape index (κ3) is 4.72. The smallest absolute Gasteiger partial charge is 0.243 e. The van der Waals surface area contributed by atoms with Crippen LogP contribution in [0.3, 0.4) is 0 Å². The fourth-order valence-electron chi connectivity index (χ4n) is 3.21. The van der Waals surface area contributed by atoms with Crippen LogP contribution in [0.4, 0.5) is 0 Å². The molecular weight excluding hydrogens is 398 g/mol. The standard InChI is InChI=1S/C20H24ClN3O3S/c1-16(18-9-5-6-10-19(18)21)22-15-20(25)23-11-13-24(14-12-23)28(26,27)17-7-3-2-4-8-17/h2-10,16,22H,11-15H2,1H3/t16-/m1/s1. The Labute approximate surface area is 171 Å². The monoisotopic (exact) mass is 421 g/mol. The Kier molecular flexibility index (Phi) is 6.72. The van der Waals surface area contributed by atoms with E-state index in [4.69, 9.17) is 11.6 Å². The van der Waals surface area contributed by atoms with E-state index in [9.17, 15) is 13.2 Å². The molecule has 3 rings (SSSR count). The molecule has 1 heterocycles. The molecule has 28 heavy (non-hydrogen) atoms. The van der Waals surface area contributed by atoms with Crippen molar-refractivity contribution in [1.82, 2.24) is 14.5 Å². The molecule has 0 aliphatic carbocycles. The van der Waals surface area contributed by atoms with Crippen LogP contribution in [-0.4, -0.2) is 56.3 Å². The van der Waals surface area contributed by atoms with Crippen LogP contribution in [0.15, 0.2) is 59.5 Å². The van der Waals surface area contributed by atoms with Crippen LogP contribution in [0.5, 0.6) is 0 Å². The molecule has 1 aliphatic heterocycles. The van der Waals surface area contributed by atoms with Crippen molar-refractivity contribution in [3.8, 4) is 0 Å². The van der Waals surface area contributed by atoms with E-state index in [0.29, 0.717) is 31.2 Å². The van der Waals surface area contributed by atoms with E-state index in [1.54, 1.807) is 35.2 Å². The van der Waals surface area contributed by atoms with Crippen LogP contribution in [0.2, 0.25) is 5.02 Å². The van der Waals surface area contributed by atoms with Crippen molar-refractivity contribution in [1.29, 1.82) is 0 Å². The Hall–Kier alpha value is -1.93. The number of piperazine rings is 1. The number of nitrogens with zero attached hydrogens (tertiary/aromatic N) is 2. The van der Waals surface area contributed by atoms with Gasteiger partial charge in [0.05, 0.1) is 11.4 Å². The maximum Gasteiger partial charge on any atom is 0.243 e. The molecular formula is C20H24ClN3O3S. The van der Waals surface area contributed by atoms with Crippen molar-refractivity contribution < 1.29 is 13.2 Å². The number of carbonyl (C=O) groups is 1. The Balaban J connectivity index is 1.52. The maximum absolute atomic E-state index is 12.7. The van der Waals surface area contributed by atoms with Gasteiger partial charge in [-0.3, -0.25) is 4.79 Å². The van der Waals surface area contributed by atoms with Gasteiger partial charge >= 0.3 is 0 Å². The van der Waals surface area contributed by atoms with Gasteiger partial charge in [0.1, 0.15) is 0 Å². The molecule has 6 nitrogen and oxygen atoms in total. The van der Waals surface area contributed by atoms with E-state index >= 15 is 0 Å². The second kappa shape index (κ2) is 9.05. The lowest BCUT2D eigenvalue weighted by Crippen LogP contribution is -2.52. The second-order valence-corrected chi connectivity index (χ2v) is 9.07. The van der Waals surface area contributed by atoms with Crippen molar-refractivity contribution in [2.75, 3.05) is 32.7 Å². The van der Waals surface area contributed by atoms with Crippen LogP contribution in [0.1, 0.15) is 18.5 Å². The highest BCUT2D eigenvalue weighted by molar-refractivity contribution is 7.89. The normalized spacial score (nSPS) is 16.7. The van der Waals surface area contributed by atoms with Gasteiger partial charge in [0.2, 0.25) is 15.9 Å². The number of sulfonamides is 1. The summed E-state index contributed by atoms with van der Waals surface area (Å²) in [5.74, 6) is -0.0457. The van der Waals surface area contributed by atoms with Gasteiger partial charge in [0.25, 0.3) is 0 Å². The first-order valence-corrected chi connectivity index (χ1v) is 11.0. The summed E-state index contributed by atoms with van der Waals surface area (Å²) in [5, 5.41) is 3.86. The average Bonchev–Trinajstić information content (AvgIpc) is 2.73. The van der Waals surface area contributed by atoms with Gasteiger partial charge in [-0.05, 0) is 30.7 Å². The third-order valence-electron chi connectivity index (χ3n) is 4.90. The van der Waals surface area contributed by atoms with Gasteiger partial charge in [-0.1, -0.05) is 48.0 Å². The molecule has 1 atom stereocenters. The molecule has 2 aromatic rings. The molecule has 0 unspecified atom stereocenters. The first-order valence-electron chi connectivity index (χ1n) is 9.20. The average molecular weight is 422 g/mol. The highest BCUT2D eigenvalue weighted by Gasteiger charge is 2.29. The number of hydrogen-bond donors (Lipinski definition) is 1. The van der Waals surface area contributed by atoms with Crippen molar-refractivity contribution in [3.63, 3.8) is 0 Å². The van der Waals surface area contributed by atoms with Gasteiger partial charge in [0, 0.05) is 37.2 Å². The molecule has 0 saturated carbocycles. The second-order valence-electron chi connectivity index (χ2n) is 6.72. The van der Waals surface area contributed by atoms with Crippen LogP contribution < -0.4 is 5.32 Å². The van der Waals surface area contributed by atoms with Gasteiger partial charge in [-0.25, -0.2) is 8.42 Å². The van der Waals surface area contributed by atoms with Gasteiger partial charge < -0.3 is 10.2 Å². The van der Waals surface area contributed by atoms with Gasteiger partial charge in [-0.15, -0.1) is 0 Å². The number of nitrogens with one attached hydrogen (secondary N) is 1. The molecule has 8 heteroatoms. The number of hydrogen-bond acceptors (Lipinski definition) is 4. The first kappa shape index (κ1) is 20.8. The number of benzene rings is 2. The van der Waals surface area contributed by atoms with Gasteiger partial charge in [0.15, 0.2) is 0 Å². The van der Waals surface area contributed by atoms with E-state index in [1.807, 2.05) is 31.2 Å². The number of amides is 1. The summed E-state index contributed by atoms with van der Waals surface area (Å²) in [7, 11) is -3.51. The van der Waals surface area contributed by atoms with Crippen LogP contribution in [-0.2, 0) is 14.8 Å². The van der Waals surface area contributed by atoms with Crippen molar-refractivity contribution >= 4 is 27.5 Å². The molecule has 1 aliphatic rings. The summed E-state index contributed by atoms with van der Waals surface area (Å²) in [4.78, 5) is 14.5. The molecule has 1 amide bonds. The molecule has 0 bridgehead atoms. The lowest BCUT2D eigenvalue weighted by Gasteiger charge is -2.34. The fourth-order valence-corrected chi connectivity index (χ4v) is 4.95. The van der Waals surface area contributed by atoms with E-state index in [1.165, 1.54) is 4.31 Å². The molecule has 1 saturated heterocycles. The van der Waals surface area contributed by atoms with Crippen LogP contribution >= 0.6 is 11.6 Å². The molecule has 2 aromatic carbocycles. The number of carbonyl (C=O) groups excluding carboxylic acids is 1. The minimum absolute atomic E-state index is 0.0457. The molecule has 1 N–H and O–H groups in total. The highest BCUT2D eigenvalue weighted by Crippen LogP contribution is 2.22. The van der Waals surface area contributed by atoms with Crippen LogP contribution in [0, 0.1) is 0 Å². The van der Waals surface area contributed by atoms with Crippen LogP contribution in [0.25, 0.3) is 0 Å². The zero-order chi connectivity index (χ0) is 20.1. The first-order chi connectivity index (χ1) is 13.4. The summed E-state index contributed by atoms with van der Waals surface area (Å²) in [6, 6.07) is 15.8. The minimum Gasteiger partial charge on any atom is -0.339 e. The Morgan fingerprint density at radius 2 is 1.64 bits per heavy atom. The molecule has 150 valence electrons. The lowest BCUT2D eigenvalue weighted by molar-refractivity contribution is -0.131. The predicted molar refractivity (Wildman–Crippen MR) is 110 cm³/mol. The topological polar surface area (TPSA) is 69.7 Å². The predicted octanol–water partition coefficient (Wildman–Crippen LogP) is 2.52. The summed E-state index contributed by atoms with van der Waals surface area (Å²) in [5.41, 5.74) is 0.941. The lowest BCUT2D eigenvalue weighted by atomic mass is 10.1. The molecule has 0 aromatic heterocycles. The van der Waals surface area contributed by atoms with E-state index < -0.39 is 10.0 Å². The number of rotatable bonds is 6. The Morgan fingerprint density at radius 1 is 1.04 bits per heavy atom. The minimum atomic E-state index is -3.51. The fraction of sp³-hybridized carbons (Fsp3) is 0.350. The summed E-state index contributed by atoms with van der Waals surface area (Å²) < 4.78 is 26.8. The van der Waals surface area contributed by atoms with Gasteiger partial charge in [-0.2, -0.15) is 4.31 Å². The van der Waals surface area contributed by atoms with Crippen molar-refractivity contribution in [2.45, 2.75) is 17.9 Å². The Bertz CT molecular complexity index is 913. The SMILES string of the molecule is C[C@@H](NCC(=O)N1CCN(S(=O)(=O)c2ccccc2)CC1)c1ccccc1Cl. The summed E-state index contributed by atoms with van der Waals surface area (Å²) >= 11 is 6.19. The van der Waals surface area contributed by atoms with Crippen molar-refractivity contribution in [2.24, 2.45) is 0 Å².